The fourth-order valence-corrected chi connectivity index (χ4v) is 2.70. The molecular formula is C15H21ClN2O5. The summed E-state index contributed by atoms with van der Waals surface area (Å²) in [4.78, 5) is 24.2. The number of phenols is 1. The van der Waals surface area contributed by atoms with Crippen molar-refractivity contribution in [2.24, 2.45) is 5.92 Å². The zero-order chi connectivity index (χ0) is 16.1. The maximum absolute atomic E-state index is 11.8. The van der Waals surface area contributed by atoms with Gasteiger partial charge in [-0.15, -0.1) is 12.4 Å². The van der Waals surface area contributed by atoms with Crippen molar-refractivity contribution < 1.29 is 19.6 Å². The second-order valence-corrected chi connectivity index (χ2v) is 5.40. The molecule has 0 bridgehead atoms. The van der Waals surface area contributed by atoms with Crippen molar-refractivity contribution in [1.82, 2.24) is 4.90 Å². The van der Waals surface area contributed by atoms with E-state index >= 15 is 0 Å². The molecule has 1 aromatic carbocycles. The number of ether oxygens (including phenoxy) is 1. The molecule has 1 aliphatic rings. The van der Waals surface area contributed by atoms with Crippen LogP contribution in [0.3, 0.4) is 0 Å². The molecule has 0 aromatic heterocycles. The van der Waals surface area contributed by atoms with Gasteiger partial charge in [-0.3, -0.25) is 19.8 Å². The summed E-state index contributed by atoms with van der Waals surface area (Å²) in [5, 5.41) is 20.7. The topological polar surface area (TPSA) is 92.9 Å². The highest BCUT2D eigenvalue weighted by Crippen LogP contribution is 2.26. The maximum atomic E-state index is 11.8. The number of piperidine rings is 1. The first-order chi connectivity index (χ1) is 10.5. The van der Waals surface area contributed by atoms with E-state index in [4.69, 9.17) is 4.74 Å². The van der Waals surface area contributed by atoms with Crippen LogP contribution in [0.25, 0.3) is 0 Å². The Balaban J connectivity index is 0.00000264. The van der Waals surface area contributed by atoms with Gasteiger partial charge in [0.1, 0.15) is 5.75 Å². The van der Waals surface area contributed by atoms with Crippen LogP contribution in [0.5, 0.6) is 5.75 Å². The van der Waals surface area contributed by atoms with Gasteiger partial charge in [-0.1, -0.05) is 0 Å². The molecule has 128 valence electrons. The maximum Gasteiger partial charge on any atom is 0.310 e. The van der Waals surface area contributed by atoms with Crippen molar-refractivity contribution in [3.8, 4) is 5.75 Å². The number of aromatic hydroxyl groups is 1. The molecule has 23 heavy (non-hydrogen) atoms. The molecule has 1 aromatic rings. The Morgan fingerprint density at radius 2 is 2.26 bits per heavy atom. The Hall–Kier alpha value is -1.86. The van der Waals surface area contributed by atoms with Crippen molar-refractivity contribution in [2.75, 3.05) is 19.7 Å². The van der Waals surface area contributed by atoms with E-state index in [9.17, 15) is 20.0 Å². The lowest BCUT2D eigenvalue weighted by Gasteiger charge is -2.31. The van der Waals surface area contributed by atoms with E-state index in [1.54, 1.807) is 6.92 Å². The molecular weight excluding hydrogens is 324 g/mol. The number of esters is 1. The van der Waals surface area contributed by atoms with Crippen LogP contribution >= 0.6 is 12.4 Å². The Morgan fingerprint density at radius 3 is 2.91 bits per heavy atom. The van der Waals surface area contributed by atoms with E-state index in [0.717, 1.165) is 19.4 Å². The highest BCUT2D eigenvalue weighted by atomic mass is 35.5. The number of rotatable bonds is 5. The second kappa shape index (κ2) is 8.69. The van der Waals surface area contributed by atoms with Gasteiger partial charge in [-0.25, -0.2) is 0 Å². The number of nitro groups is 1. The molecule has 7 nitrogen and oxygen atoms in total. The van der Waals surface area contributed by atoms with Crippen molar-refractivity contribution in [2.45, 2.75) is 26.3 Å². The van der Waals surface area contributed by atoms with Gasteiger partial charge in [0.05, 0.1) is 17.4 Å². The summed E-state index contributed by atoms with van der Waals surface area (Å²) >= 11 is 0. The standard InChI is InChI=1S/C15H20N2O5.ClH/c1-2-22-15(19)11-4-3-7-16(9-11)10-12-8-13(17(20)21)5-6-14(12)18;/h5-6,8,11,18H,2-4,7,9-10H2,1H3;1H. The fourth-order valence-electron chi connectivity index (χ4n) is 2.70. The quantitative estimate of drug-likeness (QED) is 0.501. The number of benzene rings is 1. The third-order valence-electron chi connectivity index (χ3n) is 3.79. The van der Waals surface area contributed by atoms with Crippen molar-refractivity contribution >= 4 is 24.1 Å². The Kier molecular flexibility index (Phi) is 7.25. The highest BCUT2D eigenvalue weighted by Gasteiger charge is 2.27. The molecule has 0 spiro atoms. The number of carbonyl (C=O) groups excluding carboxylic acids is 1. The number of phenolic OH excluding ortho intramolecular Hbond substituents is 1. The van der Waals surface area contributed by atoms with Crippen LogP contribution in [0.15, 0.2) is 18.2 Å². The van der Waals surface area contributed by atoms with E-state index in [-0.39, 0.29) is 35.7 Å². The molecule has 1 heterocycles. The normalized spacial score (nSPS) is 18.0. The van der Waals surface area contributed by atoms with Crippen LogP contribution in [0.1, 0.15) is 25.3 Å². The first-order valence-electron chi connectivity index (χ1n) is 7.36. The molecule has 2 rings (SSSR count). The van der Waals surface area contributed by atoms with Gasteiger partial charge >= 0.3 is 5.97 Å². The fraction of sp³-hybridized carbons (Fsp3) is 0.533. The summed E-state index contributed by atoms with van der Waals surface area (Å²) < 4.78 is 5.05. The second-order valence-electron chi connectivity index (χ2n) is 5.40. The van der Waals surface area contributed by atoms with Crippen LogP contribution in [0.2, 0.25) is 0 Å². The molecule has 1 unspecified atom stereocenters. The summed E-state index contributed by atoms with van der Waals surface area (Å²) in [6.45, 7) is 3.85. The zero-order valence-corrected chi connectivity index (χ0v) is 13.8. The van der Waals surface area contributed by atoms with Gasteiger partial charge < -0.3 is 9.84 Å². The van der Waals surface area contributed by atoms with Gasteiger partial charge in [-0.2, -0.15) is 0 Å². The minimum absolute atomic E-state index is 0. The monoisotopic (exact) mass is 344 g/mol. The largest absolute Gasteiger partial charge is 0.508 e. The van der Waals surface area contributed by atoms with E-state index in [1.165, 1.54) is 18.2 Å². The Bertz CT molecular complexity index is 567. The average molecular weight is 345 g/mol. The molecule has 0 amide bonds. The van der Waals surface area contributed by atoms with Gasteiger partial charge in [0.15, 0.2) is 0 Å². The molecule has 0 saturated carbocycles. The summed E-state index contributed by atoms with van der Waals surface area (Å²) in [7, 11) is 0. The molecule has 0 aliphatic carbocycles. The van der Waals surface area contributed by atoms with E-state index < -0.39 is 4.92 Å². The number of likely N-dealkylation sites (tertiary alicyclic amines) is 1. The number of non-ortho nitro benzene ring substituents is 1. The molecule has 1 fully saturated rings. The van der Waals surface area contributed by atoms with E-state index in [0.29, 0.717) is 25.3 Å². The summed E-state index contributed by atoms with van der Waals surface area (Å²) in [6, 6.07) is 3.99. The number of hydrogen-bond acceptors (Lipinski definition) is 6. The summed E-state index contributed by atoms with van der Waals surface area (Å²) in [5.41, 5.74) is 0.450. The average Bonchev–Trinajstić information content (AvgIpc) is 2.50. The molecule has 1 N–H and O–H groups in total. The van der Waals surface area contributed by atoms with Gasteiger partial charge in [0.2, 0.25) is 0 Å². The van der Waals surface area contributed by atoms with E-state index in [1.807, 2.05) is 4.90 Å². The Labute approximate surface area is 140 Å². The molecule has 8 heteroatoms. The minimum Gasteiger partial charge on any atom is -0.508 e. The number of halogens is 1. The highest BCUT2D eigenvalue weighted by molar-refractivity contribution is 5.85. The van der Waals surface area contributed by atoms with E-state index in [2.05, 4.69) is 0 Å². The zero-order valence-electron chi connectivity index (χ0n) is 12.9. The molecule has 0 radical (unpaired) electrons. The van der Waals surface area contributed by atoms with Gasteiger partial charge in [-0.05, 0) is 32.4 Å². The Morgan fingerprint density at radius 1 is 1.52 bits per heavy atom. The number of hydrogen-bond donors (Lipinski definition) is 1. The lowest BCUT2D eigenvalue weighted by molar-refractivity contribution is -0.385. The number of nitrogens with zero attached hydrogens (tertiary/aromatic N) is 2. The predicted octanol–water partition coefficient (Wildman–Crippen LogP) is 2.50. The molecule has 1 atom stereocenters. The lowest BCUT2D eigenvalue weighted by atomic mass is 9.97. The molecule has 1 aliphatic heterocycles. The van der Waals surface area contributed by atoms with Crippen molar-refractivity contribution in [3.63, 3.8) is 0 Å². The number of carbonyl (C=O) groups is 1. The SMILES string of the molecule is CCOC(=O)C1CCCN(Cc2cc([N+](=O)[O-])ccc2O)C1.Cl. The predicted molar refractivity (Wildman–Crippen MR) is 86.6 cm³/mol. The third-order valence-corrected chi connectivity index (χ3v) is 3.79. The van der Waals surface area contributed by atoms with Crippen LogP contribution in [0.4, 0.5) is 5.69 Å². The van der Waals surface area contributed by atoms with Crippen LogP contribution in [-0.4, -0.2) is 40.6 Å². The lowest BCUT2D eigenvalue weighted by Crippen LogP contribution is -2.38. The van der Waals surface area contributed by atoms with Crippen LogP contribution in [0, 0.1) is 16.0 Å². The first-order valence-corrected chi connectivity index (χ1v) is 7.36. The van der Waals surface area contributed by atoms with Crippen LogP contribution < -0.4 is 0 Å². The van der Waals surface area contributed by atoms with Crippen molar-refractivity contribution in [3.05, 3.63) is 33.9 Å². The smallest absolute Gasteiger partial charge is 0.310 e. The third kappa shape index (κ3) is 5.07. The number of nitro benzene ring substituents is 1. The van der Waals surface area contributed by atoms with Gasteiger partial charge in [0.25, 0.3) is 5.69 Å². The van der Waals surface area contributed by atoms with Crippen LogP contribution in [-0.2, 0) is 16.1 Å². The summed E-state index contributed by atoms with van der Waals surface area (Å²) in [6.07, 6.45) is 1.65. The minimum atomic E-state index is -0.486. The summed E-state index contributed by atoms with van der Waals surface area (Å²) in [5.74, 6) is -0.339. The first kappa shape index (κ1) is 19.2. The van der Waals surface area contributed by atoms with Gasteiger partial charge in [0, 0.05) is 30.8 Å². The molecule has 1 saturated heterocycles. The van der Waals surface area contributed by atoms with Crippen molar-refractivity contribution in [1.29, 1.82) is 0 Å².